The number of aliphatic imine (C=N–C) groups is 1. The van der Waals surface area contributed by atoms with E-state index in [0.717, 1.165) is 40.6 Å². The SMILES string of the molecule is CCC(NC1CC1)c1nnc2n1-c1ccc(Cl)cc1C(c1ccccc1)=NC2C(C)C. The first kappa shape index (κ1) is 20.4. The van der Waals surface area contributed by atoms with Gasteiger partial charge in [-0.1, -0.05) is 62.7 Å². The number of hydrogen-bond acceptors (Lipinski definition) is 4. The molecular weight excluding hydrogens is 406 g/mol. The molecule has 1 aliphatic carbocycles. The van der Waals surface area contributed by atoms with E-state index in [1.807, 2.05) is 18.2 Å². The number of fused-ring (bicyclic) bond motifs is 3. The number of aromatic nitrogens is 3. The second kappa shape index (κ2) is 8.21. The number of benzene rings is 2. The van der Waals surface area contributed by atoms with Crippen LogP contribution in [0.3, 0.4) is 0 Å². The van der Waals surface area contributed by atoms with Crippen molar-refractivity contribution in [1.82, 2.24) is 20.1 Å². The van der Waals surface area contributed by atoms with Gasteiger partial charge < -0.3 is 5.32 Å². The van der Waals surface area contributed by atoms with Gasteiger partial charge in [-0.15, -0.1) is 10.2 Å². The summed E-state index contributed by atoms with van der Waals surface area (Å²) in [6.45, 7) is 6.59. The second-order valence-electron chi connectivity index (χ2n) is 8.85. The molecule has 1 N–H and O–H groups in total. The number of hydrogen-bond donors (Lipinski definition) is 1. The van der Waals surface area contributed by atoms with Crippen molar-refractivity contribution in [2.75, 3.05) is 0 Å². The Balaban J connectivity index is 1.75. The summed E-state index contributed by atoms with van der Waals surface area (Å²) in [5, 5.41) is 13.8. The van der Waals surface area contributed by atoms with Gasteiger partial charge in [0.2, 0.25) is 0 Å². The molecule has 2 aromatic carbocycles. The van der Waals surface area contributed by atoms with E-state index in [1.54, 1.807) is 0 Å². The van der Waals surface area contributed by atoms with Crippen LogP contribution in [-0.2, 0) is 0 Å². The van der Waals surface area contributed by atoms with Gasteiger partial charge in [-0.25, -0.2) is 0 Å². The van der Waals surface area contributed by atoms with Gasteiger partial charge in [0.1, 0.15) is 6.04 Å². The molecule has 2 aliphatic rings. The monoisotopic (exact) mass is 433 g/mol. The van der Waals surface area contributed by atoms with Crippen molar-refractivity contribution in [1.29, 1.82) is 0 Å². The minimum absolute atomic E-state index is 0.0962. The van der Waals surface area contributed by atoms with Crippen LogP contribution in [0.5, 0.6) is 0 Å². The molecule has 5 rings (SSSR count). The van der Waals surface area contributed by atoms with Gasteiger partial charge >= 0.3 is 0 Å². The second-order valence-corrected chi connectivity index (χ2v) is 9.28. The highest BCUT2D eigenvalue weighted by molar-refractivity contribution is 6.31. The number of nitrogens with zero attached hydrogens (tertiary/aromatic N) is 4. The van der Waals surface area contributed by atoms with Crippen LogP contribution in [0.1, 0.15) is 74.9 Å². The highest BCUT2D eigenvalue weighted by atomic mass is 35.5. The quantitative estimate of drug-likeness (QED) is 0.544. The van der Waals surface area contributed by atoms with Crippen molar-refractivity contribution in [3.05, 3.63) is 76.3 Å². The summed E-state index contributed by atoms with van der Waals surface area (Å²) >= 11 is 6.48. The molecule has 0 saturated heterocycles. The standard InChI is InChI=1S/C25H28ClN5/c1-4-20(27-18-11-12-18)24-29-30-25-22(15(2)3)28-23(16-8-6-5-7-9-16)19-14-17(26)10-13-21(19)31(24)25/h5-10,13-15,18,20,22,27H,4,11-12H2,1-3H3. The zero-order chi connectivity index (χ0) is 21.5. The van der Waals surface area contributed by atoms with Crippen LogP contribution < -0.4 is 5.32 Å². The summed E-state index contributed by atoms with van der Waals surface area (Å²) < 4.78 is 2.24. The van der Waals surface area contributed by atoms with Crippen molar-refractivity contribution >= 4 is 17.3 Å². The van der Waals surface area contributed by atoms with Crippen molar-refractivity contribution in [2.45, 2.75) is 58.2 Å². The summed E-state index contributed by atoms with van der Waals surface area (Å²) in [6.07, 6.45) is 3.43. The molecule has 31 heavy (non-hydrogen) atoms. The van der Waals surface area contributed by atoms with E-state index in [-0.39, 0.29) is 18.0 Å². The van der Waals surface area contributed by atoms with Crippen LogP contribution in [0.4, 0.5) is 0 Å². The van der Waals surface area contributed by atoms with Crippen LogP contribution in [0.25, 0.3) is 5.69 Å². The lowest BCUT2D eigenvalue weighted by molar-refractivity contribution is 0.470. The van der Waals surface area contributed by atoms with Crippen LogP contribution in [-0.4, -0.2) is 26.5 Å². The molecular formula is C25H28ClN5. The molecule has 1 aliphatic heterocycles. The summed E-state index contributed by atoms with van der Waals surface area (Å²) in [7, 11) is 0. The number of halogens is 1. The minimum atomic E-state index is -0.0962. The smallest absolute Gasteiger partial charge is 0.162 e. The predicted molar refractivity (Wildman–Crippen MR) is 125 cm³/mol. The van der Waals surface area contributed by atoms with Crippen LogP contribution in [0, 0.1) is 5.92 Å². The van der Waals surface area contributed by atoms with Crippen LogP contribution in [0.15, 0.2) is 53.5 Å². The fourth-order valence-electron chi connectivity index (χ4n) is 4.32. The van der Waals surface area contributed by atoms with E-state index in [9.17, 15) is 0 Å². The Morgan fingerprint density at radius 2 is 1.87 bits per heavy atom. The van der Waals surface area contributed by atoms with E-state index in [4.69, 9.17) is 26.8 Å². The Morgan fingerprint density at radius 1 is 1.10 bits per heavy atom. The molecule has 2 atom stereocenters. The highest BCUT2D eigenvalue weighted by Crippen LogP contribution is 2.37. The van der Waals surface area contributed by atoms with Gasteiger partial charge in [0, 0.05) is 22.2 Å². The normalized spacial score (nSPS) is 18.9. The first-order valence-corrected chi connectivity index (χ1v) is 11.6. The zero-order valence-corrected chi connectivity index (χ0v) is 19.0. The Morgan fingerprint density at radius 3 is 2.55 bits per heavy atom. The largest absolute Gasteiger partial charge is 0.304 e. The first-order valence-electron chi connectivity index (χ1n) is 11.2. The summed E-state index contributed by atoms with van der Waals surface area (Å²) in [4.78, 5) is 5.26. The molecule has 6 heteroatoms. The molecule has 1 saturated carbocycles. The Kier molecular flexibility index (Phi) is 5.40. The average Bonchev–Trinajstić information content (AvgIpc) is 3.52. The van der Waals surface area contributed by atoms with Crippen LogP contribution >= 0.6 is 11.6 Å². The van der Waals surface area contributed by atoms with Gasteiger partial charge in [0.15, 0.2) is 11.6 Å². The number of nitrogens with one attached hydrogen (secondary N) is 1. The fourth-order valence-corrected chi connectivity index (χ4v) is 4.49. The molecule has 1 fully saturated rings. The third kappa shape index (κ3) is 3.81. The van der Waals surface area contributed by atoms with Crippen LogP contribution in [0.2, 0.25) is 5.02 Å². The van der Waals surface area contributed by atoms with Gasteiger partial charge in [-0.3, -0.25) is 9.56 Å². The topological polar surface area (TPSA) is 55.1 Å². The Labute approximate surface area is 188 Å². The van der Waals surface area contributed by atoms with Gasteiger partial charge in [0.25, 0.3) is 0 Å². The molecule has 0 spiro atoms. The van der Waals surface area contributed by atoms with Gasteiger partial charge in [0.05, 0.1) is 17.4 Å². The Bertz CT molecular complexity index is 1110. The number of rotatable bonds is 6. The van der Waals surface area contributed by atoms with Gasteiger partial charge in [-0.2, -0.15) is 0 Å². The maximum atomic E-state index is 6.48. The lowest BCUT2D eigenvalue weighted by Gasteiger charge is -2.20. The Hall–Kier alpha value is -2.50. The molecule has 0 radical (unpaired) electrons. The van der Waals surface area contributed by atoms with Crippen molar-refractivity contribution in [3.63, 3.8) is 0 Å². The molecule has 2 unspecified atom stereocenters. The summed E-state index contributed by atoms with van der Waals surface area (Å²) in [5.41, 5.74) is 4.10. The van der Waals surface area contributed by atoms with E-state index < -0.39 is 0 Å². The maximum absolute atomic E-state index is 6.48. The summed E-state index contributed by atoms with van der Waals surface area (Å²) in [5.74, 6) is 2.13. The van der Waals surface area contributed by atoms with E-state index >= 15 is 0 Å². The molecule has 3 aromatic rings. The summed E-state index contributed by atoms with van der Waals surface area (Å²) in [6, 6.07) is 17.0. The fraction of sp³-hybridized carbons (Fsp3) is 0.400. The molecule has 5 nitrogen and oxygen atoms in total. The minimum Gasteiger partial charge on any atom is -0.304 e. The van der Waals surface area contributed by atoms with E-state index in [1.165, 1.54) is 12.8 Å². The third-order valence-corrected chi connectivity index (χ3v) is 6.35. The average molecular weight is 434 g/mol. The highest BCUT2D eigenvalue weighted by Gasteiger charge is 2.34. The lowest BCUT2D eigenvalue weighted by atomic mass is 9.99. The zero-order valence-electron chi connectivity index (χ0n) is 18.2. The van der Waals surface area contributed by atoms with Crippen molar-refractivity contribution in [3.8, 4) is 5.69 Å². The first-order chi connectivity index (χ1) is 15.1. The van der Waals surface area contributed by atoms with E-state index in [0.29, 0.717) is 11.1 Å². The maximum Gasteiger partial charge on any atom is 0.162 e. The predicted octanol–water partition coefficient (Wildman–Crippen LogP) is 5.67. The third-order valence-electron chi connectivity index (χ3n) is 6.11. The van der Waals surface area contributed by atoms with E-state index in [2.05, 4.69) is 61.0 Å². The molecule has 0 amide bonds. The molecule has 1 aromatic heterocycles. The lowest BCUT2D eigenvalue weighted by Crippen LogP contribution is -2.26. The molecule has 160 valence electrons. The van der Waals surface area contributed by atoms with Crippen molar-refractivity contribution < 1.29 is 0 Å². The van der Waals surface area contributed by atoms with Gasteiger partial charge in [-0.05, 0) is 43.4 Å². The molecule has 2 heterocycles. The molecule has 0 bridgehead atoms. The van der Waals surface area contributed by atoms with Crippen molar-refractivity contribution in [2.24, 2.45) is 10.9 Å².